The van der Waals surface area contributed by atoms with E-state index in [9.17, 15) is 4.79 Å². The first-order valence-electron chi connectivity index (χ1n) is 7.57. The predicted octanol–water partition coefficient (Wildman–Crippen LogP) is 3.26. The lowest BCUT2D eigenvalue weighted by atomic mass is 10.1. The van der Waals surface area contributed by atoms with Crippen LogP contribution in [0.15, 0.2) is 48.5 Å². The van der Waals surface area contributed by atoms with Gasteiger partial charge in [-0.3, -0.25) is 9.69 Å². The molecular weight excluding hydrogens is 312 g/mol. The number of ether oxygens (including phenoxy) is 1. The molecule has 1 aliphatic heterocycles. The molecule has 0 unspecified atom stereocenters. The van der Waals surface area contributed by atoms with Gasteiger partial charge < -0.3 is 9.64 Å². The van der Waals surface area contributed by atoms with Crippen LogP contribution in [-0.4, -0.2) is 42.6 Å². The Bertz CT molecular complexity index is 688. The average molecular weight is 331 g/mol. The van der Waals surface area contributed by atoms with E-state index in [2.05, 4.69) is 4.90 Å². The van der Waals surface area contributed by atoms with Gasteiger partial charge in [-0.2, -0.15) is 0 Å². The molecule has 5 heteroatoms. The van der Waals surface area contributed by atoms with E-state index < -0.39 is 0 Å². The fourth-order valence-corrected chi connectivity index (χ4v) is 2.77. The van der Waals surface area contributed by atoms with Gasteiger partial charge in [0, 0.05) is 23.7 Å². The Morgan fingerprint density at radius 1 is 1.17 bits per heavy atom. The fourth-order valence-electron chi connectivity index (χ4n) is 2.64. The summed E-state index contributed by atoms with van der Waals surface area (Å²) in [6.45, 7) is 2.57. The summed E-state index contributed by atoms with van der Waals surface area (Å²) < 4.78 is 5.68. The predicted molar refractivity (Wildman–Crippen MR) is 90.8 cm³/mol. The van der Waals surface area contributed by atoms with Gasteiger partial charge in [-0.1, -0.05) is 29.8 Å². The first-order valence-corrected chi connectivity index (χ1v) is 7.95. The second-order valence-electron chi connectivity index (χ2n) is 5.68. The van der Waals surface area contributed by atoms with Gasteiger partial charge in [0.2, 0.25) is 0 Å². The summed E-state index contributed by atoms with van der Waals surface area (Å²) in [5.41, 5.74) is 1.92. The Kier molecular flexibility index (Phi) is 4.84. The maximum atomic E-state index is 12.3. The molecule has 3 rings (SSSR count). The summed E-state index contributed by atoms with van der Waals surface area (Å²) in [7, 11) is 1.99. The number of carbonyl (C=O) groups is 1. The molecule has 0 aromatic heterocycles. The summed E-state index contributed by atoms with van der Waals surface area (Å²) in [4.78, 5) is 16.3. The van der Waals surface area contributed by atoms with E-state index in [0.717, 1.165) is 23.4 Å². The summed E-state index contributed by atoms with van der Waals surface area (Å²) in [5.74, 6) is 0.901. The van der Waals surface area contributed by atoms with E-state index in [4.69, 9.17) is 16.3 Å². The van der Waals surface area contributed by atoms with Gasteiger partial charge in [-0.25, -0.2) is 0 Å². The zero-order valence-corrected chi connectivity index (χ0v) is 13.8. The van der Waals surface area contributed by atoms with Crippen molar-refractivity contribution in [2.75, 3.05) is 26.9 Å². The second-order valence-corrected chi connectivity index (χ2v) is 6.12. The number of carbonyl (C=O) groups excluding carboxylic acids is 1. The molecule has 0 saturated heterocycles. The SMILES string of the molecule is CN(CCOc1ccc(Cl)cc1)CN1Cc2ccccc2C1=O. The Morgan fingerprint density at radius 3 is 2.65 bits per heavy atom. The van der Waals surface area contributed by atoms with Gasteiger partial charge in [0.25, 0.3) is 5.91 Å². The minimum Gasteiger partial charge on any atom is -0.492 e. The molecule has 1 heterocycles. The molecule has 0 bridgehead atoms. The van der Waals surface area contributed by atoms with Crippen LogP contribution in [0, 0.1) is 0 Å². The van der Waals surface area contributed by atoms with Crippen LogP contribution in [0.3, 0.4) is 0 Å². The number of benzene rings is 2. The fraction of sp³-hybridized carbons (Fsp3) is 0.278. The quantitative estimate of drug-likeness (QED) is 0.815. The van der Waals surface area contributed by atoms with Crippen LogP contribution < -0.4 is 4.74 Å². The van der Waals surface area contributed by atoms with E-state index in [1.165, 1.54) is 0 Å². The summed E-state index contributed by atoms with van der Waals surface area (Å²) in [6.07, 6.45) is 0. The number of halogens is 1. The van der Waals surface area contributed by atoms with Gasteiger partial charge in [0.1, 0.15) is 12.4 Å². The van der Waals surface area contributed by atoms with Gasteiger partial charge >= 0.3 is 0 Å². The van der Waals surface area contributed by atoms with E-state index >= 15 is 0 Å². The minimum absolute atomic E-state index is 0.103. The maximum absolute atomic E-state index is 12.3. The van der Waals surface area contributed by atoms with Crippen LogP contribution >= 0.6 is 11.6 Å². The molecule has 0 saturated carbocycles. The van der Waals surface area contributed by atoms with Crippen molar-refractivity contribution in [2.45, 2.75) is 6.54 Å². The molecule has 0 atom stereocenters. The largest absolute Gasteiger partial charge is 0.492 e. The standard InChI is InChI=1S/C18H19ClN2O2/c1-20(10-11-23-16-8-6-15(19)7-9-16)13-21-12-14-4-2-3-5-17(14)18(21)22/h2-9H,10-13H2,1H3. The molecule has 2 aromatic rings. The van der Waals surface area contributed by atoms with E-state index in [-0.39, 0.29) is 5.91 Å². The highest BCUT2D eigenvalue weighted by Gasteiger charge is 2.27. The smallest absolute Gasteiger partial charge is 0.255 e. The normalized spacial score (nSPS) is 13.5. The van der Waals surface area contributed by atoms with Crippen LogP contribution in [0.1, 0.15) is 15.9 Å². The van der Waals surface area contributed by atoms with Gasteiger partial charge in [-0.05, 0) is 42.9 Å². The Labute approximate surface area is 141 Å². The highest BCUT2D eigenvalue weighted by Crippen LogP contribution is 2.22. The third-order valence-corrected chi connectivity index (χ3v) is 4.12. The number of rotatable bonds is 6. The summed E-state index contributed by atoms with van der Waals surface area (Å²) in [5, 5.41) is 0.696. The Hall–Kier alpha value is -2.04. The van der Waals surface area contributed by atoms with Crippen molar-refractivity contribution in [3.8, 4) is 5.75 Å². The van der Waals surface area contributed by atoms with Crippen LogP contribution in [-0.2, 0) is 6.54 Å². The third kappa shape index (κ3) is 3.84. The van der Waals surface area contributed by atoms with Gasteiger partial charge in [-0.15, -0.1) is 0 Å². The Morgan fingerprint density at radius 2 is 1.91 bits per heavy atom. The third-order valence-electron chi connectivity index (χ3n) is 3.86. The highest BCUT2D eigenvalue weighted by molar-refractivity contribution is 6.30. The molecule has 0 fully saturated rings. The maximum Gasteiger partial charge on any atom is 0.255 e. The molecule has 23 heavy (non-hydrogen) atoms. The zero-order valence-electron chi connectivity index (χ0n) is 13.0. The first-order chi connectivity index (χ1) is 11.1. The van der Waals surface area contributed by atoms with Crippen molar-refractivity contribution in [3.05, 3.63) is 64.7 Å². The van der Waals surface area contributed by atoms with Crippen molar-refractivity contribution >= 4 is 17.5 Å². The van der Waals surface area contributed by atoms with Crippen LogP contribution in [0.2, 0.25) is 5.02 Å². The molecule has 0 spiro atoms. The molecule has 0 N–H and O–H groups in total. The average Bonchev–Trinajstić information content (AvgIpc) is 2.86. The van der Waals surface area contributed by atoms with Crippen LogP contribution in [0.5, 0.6) is 5.75 Å². The van der Waals surface area contributed by atoms with Crippen molar-refractivity contribution in [1.29, 1.82) is 0 Å². The first kappa shape index (κ1) is 15.8. The van der Waals surface area contributed by atoms with E-state index in [1.807, 2.05) is 48.3 Å². The summed E-state index contributed by atoms with van der Waals surface area (Å²) >= 11 is 5.84. The van der Waals surface area contributed by atoms with Crippen molar-refractivity contribution in [3.63, 3.8) is 0 Å². The second kappa shape index (κ2) is 7.02. The van der Waals surface area contributed by atoms with Crippen LogP contribution in [0.25, 0.3) is 0 Å². The lowest BCUT2D eigenvalue weighted by Crippen LogP contribution is -2.37. The minimum atomic E-state index is 0.103. The lowest BCUT2D eigenvalue weighted by molar-refractivity contribution is 0.0663. The molecule has 1 aliphatic rings. The van der Waals surface area contributed by atoms with E-state index in [1.54, 1.807) is 12.1 Å². The highest BCUT2D eigenvalue weighted by atomic mass is 35.5. The molecule has 1 amide bonds. The summed E-state index contributed by atoms with van der Waals surface area (Å²) in [6, 6.07) is 15.1. The van der Waals surface area contributed by atoms with Gasteiger partial charge in [0.05, 0.1) is 6.67 Å². The monoisotopic (exact) mass is 330 g/mol. The topological polar surface area (TPSA) is 32.8 Å². The zero-order chi connectivity index (χ0) is 16.2. The molecule has 120 valence electrons. The molecule has 4 nitrogen and oxygen atoms in total. The molecular formula is C18H19ClN2O2. The molecule has 2 aromatic carbocycles. The number of amides is 1. The Balaban J connectivity index is 1.46. The lowest BCUT2D eigenvalue weighted by Gasteiger charge is -2.24. The van der Waals surface area contributed by atoms with Crippen LogP contribution in [0.4, 0.5) is 0 Å². The van der Waals surface area contributed by atoms with Crippen molar-refractivity contribution < 1.29 is 9.53 Å². The molecule has 0 aliphatic carbocycles. The van der Waals surface area contributed by atoms with Gasteiger partial charge in [0.15, 0.2) is 0 Å². The van der Waals surface area contributed by atoms with E-state index in [0.29, 0.717) is 24.8 Å². The number of hydrogen-bond donors (Lipinski definition) is 0. The number of hydrogen-bond acceptors (Lipinski definition) is 3. The van der Waals surface area contributed by atoms with Crippen molar-refractivity contribution in [1.82, 2.24) is 9.80 Å². The van der Waals surface area contributed by atoms with Crippen molar-refractivity contribution in [2.24, 2.45) is 0 Å². The number of likely N-dealkylation sites (N-methyl/N-ethyl adjacent to an activating group) is 1. The molecule has 0 radical (unpaired) electrons. The number of nitrogens with zero attached hydrogens (tertiary/aromatic N) is 2. The number of fused-ring (bicyclic) bond motifs is 1.